The molecule has 0 spiro atoms. The number of fused-ring (bicyclic) bond motifs is 1. The van der Waals surface area contributed by atoms with Gasteiger partial charge in [0.1, 0.15) is 24.5 Å². The molecule has 0 radical (unpaired) electrons. The Balaban J connectivity index is 1.62. The lowest BCUT2D eigenvalue weighted by Crippen LogP contribution is -2.26. The van der Waals surface area contributed by atoms with E-state index >= 15 is 0 Å². The van der Waals surface area contributed by atoms with Crippen molar-refractivity contribution in [3.63, 3.8) is 0 Å². The number of esters is 2. The van der Waals surface area contributed by atoms with Crippen molar-refractivity contribution in [1.82, 2.24) is 4.57 Å². The van der Waals surface area contributed by atoms with Crippen LogP contribution >= 0.6 is 0 Å². The molecule has 0 amide bonds. The summed E-state index contributed by atoms with van der Waals surface area (Å²) in [4.78, 5) is 25.7. The summed E-state index contributed by atoms with van der Waals surface area (Å²) in [6.07, 6.45) is 5.78. The number of benzene rings is 3. The minimum absolute atomic E-state index is 0.0344. The van der Waals surface area contributed by atoms with Crippen molar-refractivity contribution in [2.75, 3.05) is 7.11 Å². The predicted molar refractivity (Wildman–Crippen MR) is 161 cm³/mol. The number of aromatic nitrogens is 1. The van der Waals surface area contributed by atoms with E-state index in [-0.39, 0.29) is 12.5 Å². The fourth-order valence-corrected chi connectivity index (χ4v) is 5.85. The zero-order chi connectivity index (χ0) is 29.0. The van der Waals surface area contributed by atoms with Gasteiger partial charge in [0.25, 0.3) is 0 Å². The number of carbonyl (C=O) groups excluding carboxylic acids is 2. The van der Waals surface area contributed by atoms with Gasteiger partial charge in [0.15, 0.2) is 0 Å². The summed E-state index contributed by atoms with van der Waals surface area (Å²) in [6.45, 7) is 6.14. The highest BCUT2D eigenvalue weighted by Crippen LogP contribution is 2.44. The van der Waals surface area contributed by atoms with E-state index in [2.05, 4.69) is 12.1 Å². The highest BCUT2D eigenvalue weighted by molar-refractivity contribution is 5.99. The van der Waals surface area contributed by atoms with Gasteiger partial charge >= 0.3 is 11.9 Å². The van der Waals surface area contributed by atoms with Gasteiger partial charge in [0, 0.05) is 5.39 Å². The number of hydrogen-bond donors (Lipinski definition) is 0. The molecule has 0 aliphatic heterocycles. The van der Waals surface area contributed by atoms with Crippen LogP contribution < -0.4 is 4.74 Å². The van der Waals surface area contributed by atoms with Crippen LogP contribution in [0.1, 0.15) is 80.3 Å². The van der Waals surface area contributed by atoms with Gasteiger partial charge in [0.05, 0.1) is 23.9 Å². The Kier molecular flexibility index (Phi) is 8.48. The van der Waals surface area contributed by atoms with Gasteiger partial charge in [-0.05, 0) is 92.6 Å². The Morgan fingerprint density at radius 1 is 0.902 bits per heavy atom. The zero-order valence-corrected chi connectivity index (χ0v) is 24.4. The van der Waals surface area contributed by atoms with Crippen LogP contribution in [-0.2, 0) is 27.4 Å². The largest absolute Gasteiger partial charge is 0.489 e. The Hall–Kier alpha value is -4.06. The molecule has 4 aromatic rings. The molecule has 214 valence electrons. The molecule has 1 fully saturated rings. The van der Waals surface area contributed by atoms with Crippen LogP contribution in [0.25, 0.3) is 22.2 Å². The summed E-state index contributed by atoms with van der Waals surface area (Å²) in [5, 5.41) is 1.06. The van der Waals surface area contributed by atoms with Crippen LogP contribution in [0.2, 0.25) is 0 Å². The van der Waals surface area contributed by atoms with Crippen molar-refractivity contribution in [1.29, 1.82) is 0 Å². The van der Waals surface area contributed by atoms with Gasteiger partial charge in [0.2, 0.25) is 0 Å². The molecular formula is C35H39NO5. The Morgan fingerprint density at radius 3 is 2.27 bits per heavy atom. The zero-order valence-electron chi connectivity index (χ0n) is 24.4. The summed E-state index contributed by atoms with van der Waals surface area (Å²) in [7, 11) is 1.38. The number of methoxy groups -OCH3 is 1. The van der Waals surface area contributed by atoms with E-state index in [1.54, 1.807) is 0 Å². The van der Waals surface area contributed by atoms with Gasteiger partial charge in [-0.1, -0.05) is 55.7 Å². The minimum atomic E-state index is -0.610. The third-order valence-corrected chi connectivity index (χ3v) is 7.62. The van der Waals surface area contributed by atoms with E-state index < -0.39 is 11.6 Å². The lowest BCUT2D eigenvalue weighted by atomic mass is 9.82. The van der Waals surface area contributed by atoms with E-state index in [1.165, 1.54) is 31.9 Å². The summed E-state index contributed by atoms with van der Waals surface area (Å²) in [6, 6.07) is 23.9. The lowest BCUT2D eigenvalue weighted by molar-refractivity contribution is -0.155. The molecule has 0 bridgehead atoms. The maximum Gasteiger partial charge on any atom is 0.337 e. The Bertz CT molecular complexity index is 1510. The van der Waals surface area contributed by atoms with Crippen LogP contribution in [0, 0.1) is 0 Å². The maximum atomic E-state index is 13.2. The standard InChI is InChI=1S/C35H39NO5/c1-35(2,3)41-31(37)22-36-30-21-27(34(38)39-4)17-20-29(30)32(25-13-9-6-10-14-25)33(36)26-15-18-28(19-16-26)40-23-24-11-7-5-8-12-24/h5,7-8,11-12,15-21,25H,6,9-10,13-14,22-23H2,1-4H3. The van der Waals surface area contributed by atoms with Crippen LogP contribution in [0.3, 0.4) is 0 Å². The predicted octanol–water partition coefficient (Wildman–Crippen LogP) is 8.06. The molecule has 0 saturated heterocycles. The molecule has 3 aromatic carbocycles. The molecule has 6 nitrogen and oxygen atoms in total. The molecule has 0 unspecified atom stereocenters. The number of hydrogen-bond acceptors (Lipinski definition) is 5. The average Bonchev–Trinajstić information content (AvgIpc) is 3.29. The topological polar surface area (TPSA) is 66.8 Å². The molecule has 1 aliphatic rings. The first-order valence-electron chi connectivity index (χ1n) is 14.5. The summed E-state index contributed by atoms with van der Waals surface area (Å²) in [5.74, 6) is 0.411. The van der Waals surface area contributed by atoms with Crippen molar-refractivity contribution in [2.24, 2.45) is 0 Å². The van der Waals surface area contributed by atoms with Crippen LogP contribution in [0.15, 0.2) is 72.8 Å². The first kappa shape index (κ1) is 28.5. The number of rotatable bonds is 8. The smallest absolute Gasteiger partial charge is 0.337 e. The summed E-state index contributed by atoms with van der Waals surface area (Å²) < 4.78 is 18.9. The molecule has 1 aromatic heterocycles. The second kappa shape index (κ2) is 12.2. The molecule has 0 atom stereocenters. The minimum Gasteiger partial charge on any atom is -0.489 e. The van der Waals surface area contributed by atoms with E-state index in [9.17, 15) is 9.59 Å². The van der Waals surface area contributed by atoms with Crippen molar-refractivity contribution in [2.45, 2.75) is 77.5 Å². The fourth-order valence-electron chi connectivity index (χ4n) is 5.85. The van der Waals surface area contributed by atoms with Crippen LogP contribution in [-0.4, -0.2) is 29.2 Å². The second-order valence-corrected chi connectivity index (χ2v) is 11.8. The Morgan fingerprint density at radius 2 is 1.61 bits per heavy atom. The summed E-state index contributed by atoms with van der Waals surface area (Å²) >= 11 is 0. The van der Waals surface area contributed by atoms with Crippen LogP contribution in [0.4, 0.5) is 0 Å². The number of ether oxygens (including phenoxy) is 3. The molecule has 41 heavy (non-hydrogen) atoms. The second-order valence-electron chi connectivity index (χ2n) is 11.8. The van der Waals surface area contributed by atoms with E-state index in [1.807, 2.05) is 86.0 Å². The number of nitrogens with zero attached hydrogens (tertiary/aromatic N) is 1. The van der Waals surface area contributed by atoms with Gasteiger partial charge in [-0.25, -0.2) is 4.79 Å². The highest BCUT2D eigenvalue weighted by atomic mass is 16.6. The van der Waals surface area contributed by atoms with Gasteiger partial charge in [-0.2, -0.15) is 0 Å². The van der Waals surface area contributed by atoms with Crippen molar-refractivity contribution in [3.05, 3.63) is 89.5 Å². The third-order valence-electron chi connectivity index (χ3n) is 7.62. The van der Waals surface area contributed by atoms with E-state index in [0.717, 1.165) is 46.3 Å². The summed E-state index contributed by atoms with van der Waals surface area (Å²) in [5.41, 5.74) is 5.01. The molecule has 1 heterocycles. The van der Waals surface area contributed by atoms with Crippen molar-refractivity contribution < 1.29 is 23.8 Å². The normalized spacial score (nSPS) is 14.1. The molecule has 0 N–H and O–H groups in total. The van der Waals surface area contributed by atoms with Gasteiger partial charge in [-0.15, -0.1) is 0 Å². The number of carbonyl (C=O) groups is 2. The highest BCUT2D eigenvalue weighted by Gasteiger charge is 2.29. The monoisotopic (exact) mass is 553 g/mol. The quantitative estimate of drug-likeness (QED) is 0.207. The first-order valence-corrected chi connectivity index (χ1v) is 14.5. The Labute approximate surface area is 242 Å². The van der Waals surface area contributed by atoms with Crippen LogP contribution in [0.5, 0.6) is 5.75 Å². The molecule has 1 aliphatic carbocycles. The average molecular weight is 554 g/mol. The van der Waals surface area contributed by atoms with E-state index in [0.29, 0.717) is 18.1 Å². The molecule has 5 rings (SSSR count). The molecule has 1 saturated carbocycles. The van der Waals surface area contributed by atoms with Crippen molar-refractivity contribution >= 4 is 22.8 Å². The third kappa shape index (κ3) is 6.64. The fraction of sp³-hybridized carbons (Fsp3) is 0.371. The van der Waals surface area contributed by atoms with Crippen molar-refractivity contribution in [3.8, 4) is 17.0 Å². The maximum absolute atomic E-state index is 13.2. The van der Waals surface area contributed by atoms with Gasteiger partial charge in [-0.3, -0.25) is 4.79 Å². The SMILES string of the molecule is COC(=O)c1ccc2c(C3CCCCC3)c(-c3ccc(OCc4ccccc4)cc3)n(CC(=O)OC(C)(C)C)c2c1. The molecule has 6 heteroatoms. The lowest BCUT2D eigenvalue weighted by Gasteiger charge is -2.24. The first-order chi connectivity index (χ1) is 19.7. The van der Waals surface area contributed by atoms with E-state index in [4.69, 9.17) is 14.2 Å². The van der Waals surface area contributed by atoms with Gasteiger partial charge < -0.3 is 18.8 Å². The molecular weight excluding hydrogens is 514 g/mol.